The predicted molar refractivity (Wildman–Crippen MR) is 41.4 cm³/mol. The molecule has 0 amide bonds. The summed E-state index contributed by atoms with van der Waals surface area (Å²) in [6, 6.07) is 0. The Kier molecular flexibility index (Phi) is 4.57. The van der Waals surface area contributed by atoms with Gasteiger partial charge in [-0.15, -0.1) is 0 Å². The molecule has 0 aromatic rings. The second-order valence-electron chi connectivity index (χ2n) is 1.63. The highest BCUT2D eigenvalue weighted by Gasteiger charge is 1.91. The van der Waals surface area contributed by atoms with Crippen molar-refractivity contribution in [1.82, 2.24) is 5.32 Å². The molecular formula is C5H10N2O2S. The van der Waals surface area contributed by atoms with Gasteiger partial charge in [-0.25, -0.2) is 0 Å². The second kappa shape index (κ2) is 4.99. The van der Waals surface area contributed by atoms with Gasteiger partial charge in [0.15, 0.2) is 5.11 Å². The van der Waals surface area contributed by atoms with Crippen LogP contribution in [-0.4, -0.2) is 24.2 Å². The Balaban J connectivity index is 3.06. The molecule has 4 nitrogen and oxygen atoms in total. The van der Waals surface area contributed by atoms with E-state index in [9.17, 15) is 4.79 Å². The van der Waals surface area contributed by atoms with Crippen LogP contribution in [0.15, 0.2) is 0 Å². The maximum Gasteiger partial charge on any atom is 0.302 e. The number of nitrogens with two attached hydrogens (primary N) is 1. The second-order valence-corrected chi connectivity index (χ2v) is 2.07. The van der Waals surface area contributed by atoms with E-state index < -0.39 is 0 Å². The third-order valence-corrected chi connectivity index (χ3v) is 0.851. The van der Waals surface area contributed by atoms with Crippen LogP contribution in [0.1, 0.15) is 6.92 Å². The largest absolute Gasteiger partial charge is 0.464 e. The Morgan fingerprint density at radius 1 is 1.80 bits per heavy atom. The zero-order valence-electron chi connectivity index (χ0n) is 5.72. The lowest BCUT2D eigenvalue weighted by atomic mass is 10.7. The van der Waals surface area contributed by atoms with Gasteiger partial charge in [0.25, 0.3) is 0 Å². The first-order chi connectivity index (χ1) is 4.63. The van der Waals surface area contributed by atoms with E-state index in [1.54, 1.807) is 0 Å². The van der Waals surface area contributed by atoms with Gasteiger partial charge in [0.05, 0.1) is 6.54 Å². The number of hydrogen-bond acceptors (Lipinski definition) is 3. The van der Waals surface area contributed by atoms with Crippen molar-refractivity contribution in [3.05, 3.63) is 0 Å². The SMILES string of the molecule is CC(=O)OCCNC(N)=S. The topological polar surface area (TPSA) is 64.3 Å². The highest BCUT2D eigenvalue weighted by Crippen LogP contribution is 1.72. The van der Waals surface area contributed by atoms with Crippen LogP contribution in [0, 0.1) is 0 Å². The maximum atomic E-state index is 10.2. The van der Waals surface area contributed by atoms with E-state index in [2.05, 4.69) is 22.3 Å². The van der Waals surface area contributed by atoms with Crippen LogP contribution in [-0.2, 0) is 9.53 Å². The average Bonchev–Trinajstić information content (AvgIpc) is 1.79. The smallest absolute Gasteiger partial charge is 0.302 e. The molecule has 58 valence electrons. The maximum absolute atomic E-state index is 10.2. The van der Waals surface area contributed by atoms with Gasteiger partial charge in [0.1, 0.15) is 6.61 Å². The van der Waals surface area contributed by atoms with Crippen LogP contribution in [0.5, 0.6) is 0 Å². The Morgan fingerprint density at radius 2 is 2.40 bits per heavy atom. The van der Waals surface area contributed by atoms with Crippen molar-refractivity contribution in [3.8, 4) is 0 Å². The van der Waals surface area contributed by atoms with Crippen molar-refractivity contribution < 1.29 is 9.53 Å². The molecule has 3 N–H and O–H groups in total. The van der Waals surface area contributed by atoms with Crippen LogP contribution in [0.25, 0.3) is 0 Å². The number of nitrogens with one attached hydrogen (secondary N) is 1. The molecule has 0 spiro atoms. The van der Waals surface area contributed by atoms with Crippen molar-refractivity contribution in [3.63, 3.8) is 0 Å². The quantitative estimate of drug-likeness (QED) is 0.329. The van der Waals surface area contributed by atoms with Crippen LogP contribution in [0.4, 0.5) is 0 Å². The van der Waals surface area contributed by atoms with E-state index in [1.165, 1.54) is 6.92 Å². The third kappa shape index (κ3) is 7.16. The van der Waals surface area contributed by atoms with Gasteiger partial charge in [-0.2, -0.15) is 0 Å². The number of carbonyl (C=O) groups excluding carboxylic acids is 1. The molecule has 5 heteroatoms. The summed E-state index contributed by atoms with van der Waals surface area (Å²) < 4.78 is 4.58. The third-order valence-electron chi connectivity index (χ3n) is 0.707. The van der Waals surface area contributed by atoms with E-state index >= 15 is 0 Å². The monoisotopic (exact) mass is 162 g/mol. The lowest BCUT2D eigenvalue weighted by Gasteiger charge is -2.02. The van der Waals surface area contributed by atoms with E-state index in [-0.39, 0.29) is 11.1 Å². The van der Waals surface area contributed by atoms with Gasteiger partial charge in [0, 0.05) is 6.92 Å². The summed E-state index contributed by atoms with van der Waals surface area (Å²) in [5.74, 6) is -0.301. The number of ether oxygens (including phenoxy) is 1. The molecular weight excluding hydrogens is 152 g/mol. The van der Waals surface area contributed by atoms with Crippen molar-refractivity contribution in [2.75, 3.05) is 13.2 Å². The minimum atomic E-state index is -0.301. The molecule has 0 atom stereocenters. The van der Waals surface area contributed by atoms with Crippen molar-refractivity contribution in [2.45, 2.75) is 6.92 Å². The average molecular weight is 162 g/mol. The Labute approximate surface area is 64.7 Å². The summed E-state index contributed by atoms with van der Waals surface area (Å²) in [6.45, 7) is 2.11. The standard InChI is InChI=1S/C5H10N2O2S/c1-4(8)9-3-2-7-5(6)10/h2-3H2,1H3,(H3,6,7,10). The summed E-state index contributed by atoms with van der Waals surface area (Å²) >= 11 is 4.50. The molecule has 0 bridgehead atoms. The van der Waals surface area contributed by atoms with Crippen LogP contribution in [0.3, 0.4) is 0 Å². The molecule has 0 rings (SSSR count). The van der Waals surface area contributed by atoms with E-state index in [4.69, 9.17) is 5.73 Å². The highest BCUT2D eigenvalue weighted by molar-refractivity contribution is 7.80. The molecule has 0 aliphatic carbocycles. The van der Waals surface area contributed by atoms with Gasteiger partial charge in [-0.1, -0.05) is 0 Å². The fourth-order valence-corrected chi connectivity index (χ4v) is 0.471. The summed E-state index contributed by atoms with van der Waals surface area (Å²) in [4.78, 5) is 10.2. The van der Waals surface area contributed by atoms with Gasteiger partial charge < -0.3 is 15.8 Å². The first-order valence-electron chi connectivity index (χ1n) is 2.79. The van der Waals surface area contributed by atoms with Crippen LogP contribution >= 0.6 is 12.2 Å². The predicted octanol–water partition coefficient (Wildman–Crippen LogP) is -0.617. The molecule has 0 unspecified atom stereocenters. The summed E-state index contributed by atoms with van der Waals surface area (Å²) in [5, 5.41) is 2.85. The molecule has 0 fully saturated rings. The molecule has 0 radical (unpaired) electrons. The summed E-state index contributed by atoms with van der Waals surface area (Å²) in [5.41, 5.74) is 5.09. The zero-order valence-corrected chi connectivity index (χ0v) is 6.53. The Morgan fingerprint density at radius 3 is 2.80 bits per heavy atom. The zero-order chi connectivity index (χ0) is 7.98. The van der Waals surface area contributed by atoms with Gasteiger partial charge in [-0.05, 0) is 12.2 Å². The van der Waals surface area contributed by atoms with Gasteiger partial charge in [-0.3, -0.25) is 4.79 Å². The van der Waals surface area contributed by atoms with Crippen LogP contribution < -0.4 is 11.1 Å². The van der Waals surface area contributed by atoms with Crippen LogP contribution in [0.2, 0.25) is 0 Å². The minimum Gasteiger partial charge on any atom is -0.464 e. The van der Waals surface area contributed by atoms with E-state index in [0.29, 0.717) is 13.2 Å². The molecule has 0 aliphatic rings. The Hall–Kier alpha value is -0.840. The highest BCUT2D eigenvalue weighted by atomic mass is 32.1. The number of esters is 1. The molecule has 0 aliphatic heterocycles. The summed E-state index contributed by atoms with van der Waals surface area (Å²) in [6.07, 6.45) is 0. The van der Waals surface area contributed by atoms with Crippen molar-refractivity contribution in [1.29, 1.82) is 0 Å². The number of rotatable bonds is 3. The van der Waals surface area contributed by atoms with Gasteiger partial charge >= 0.3 is 5.97 Å². The molecule has 0 heterocycles. The first kappa shape index (κ1) is 9.16. The number of hydrogen-bond donors (Lipinski definition) is 2. The lowest BCUT2D eigenvalue weighted by molar-refractivity contribution is -0.140. The number of carbonyl (C=O) groups is 1. The van der Waals surface area contributed by atoms with E-state index in [0.717, 1.165) is 0 Å². The normalized spacial score (nSPS) is 8.50. The minimum absolute atomic E-state index is 0.215. The summed E-state index contributed by atoms with van der Waals surface area (Å²) in [7, 11) is 0. The van der Waals surface area contributed by atoms with Crippen molar-refractivity contribution >= 4 is 23.3 Å². The first-order valence-corrected chi connectivity index (χ1v) is 3.20. The Bertz CT molecular complexity index is 122. The lowest BCUT2D eigenvalue weighted by Crippen LogP contribution is -2.32. The molecule has 0 aromatic carbocycles. The van der Waals surface area contributed by atoms with Crippen molar-refractivity contribution in [2.24, 2.45) is 5.73 Å². The molecule has 10 heavy (non-hydrogen) atoms. The molecule has 0 aromatic heterocycles. The number of thiocarbonyl (C=S) groups is 1. The molecule has 0 saturated carbocycles. The molecule has 0 saturated heterocycles. The fourth-order valence-electron chi connectivity index (χ4n) is 0.369. The van der Waals surface area contributed by atoms with Gasteiger partial charge in [0.2, 0.25) is 0 Å². The fraction of sp³-hybridized carbons (Fsp3) is 0.600. The van der Waals surface area contributed by atoms with E-state index in [1.807, 2.05) is 0 Å².